The maximum atomic E-state index is 4.32. The van der Waals surface area contributed by atoms with Crippen LogP contribution in [0.4, 0.5) is 0 Å². The Hall–Kier alpha value is -1.68. The van der Waals surface area contributed by atoms with E-state index >= 15 is 0 Å². The minimum Gasteiger partial charge on any atom is -0.310 e. The van der Waals surface area contributed by atoms with Crippen LogP contribution in [-0.2, 0) is 13.5 Å². The average Bonchev–Trinajstić information content (AvgIpc) is 2.78. The lowest BCUT2D eigenvalue weighted by molar-refractivity contribution is 0.522. The minimum atomic E-state index is 0.284. The Morgan fingerprint density at radius 1 is 1.26 bits per heavy atom. The molecule has 0 aliphatic rings. The average molecular weight is 258 g/mol. The summed E-state index contributed by atoms with van der Waals surface area (Å²) < 4.78 is 1.84. The Kier molecular flexibility index (Phi) is 4.32. The summed E-state index contributed by atoms with van der Waals surface area (Å²) in [5, 5.41) is 7.66. The summed E-state index contributed by atoms with van der Waals surface area (Å²) in [6.45, 7) is 7.37. The molecule has 1 N–H and O–H groups in total. The maximum absolute atomic E-state index is 4.32. The SMILES string of the molecule is CCNC(Cc1ncnn1C)c1ccc(C)c(C)c1. The van der Waals surface area contributed by atoms with Crippen molar-refractivity contribution in [1.82, 2.24) is 20.1 Å². The lowest BCUT2D eigenvalue weighted by Crippen LogP contribution is -2.24. The highest BCUT2D eigenvalue weighted by molar-refractivity contribution is 5.32. The molecule has 0 saturated carbocycles. The van der Waals surface area contributed by atoms with Crippen LogP contribution in [0.1, 0.15) is 35.5 Å². The third-order valence-corrected chi connectivity index (χ3v) is 3.58. The molecule has 0 aliphatic heterocycles. The summed E-state index contributed by atoms with van der Waals surface area (Å²) in [4.78, 5) is 4.32. The molecule has 0 amide bonds. The molecule has 102 valence electrons. The van der Waals surface area contributed by atoms with Gasteiger partial charge in [-0.05, 0) is 37.1 Å². The Morgan fingerprint density at radius 3 is 2.63 bits per heavy atom. The molecule has 1 heterocycles. The van der Waals surface area contributed by atoms with Crippen LogP contribution in [0, 0.1) is 13.8 Å². The molecular formula is C15H22N4. The van der Waals surface area contributed by atoms with E-state index in [1.165, 1.54) is 16.7 Å². The first-order valence-corrected chi connectivity index (χ1v) is 6.75. The van der Waals surface area contributed by atoms with Crippen molar-refractivity contribution in [2.75, 3.05) is 6.54 Å². The third-order valence-electron chi connectivity index (χ3n) is 3.58. The molecule has 0 saturated heterocycles. The first kappa shape index (κ1) is 13.7. The van der Waals surface area contributed by atoms with Crippen molar-refractivity contribution >= 4 is 0 Å². The number of aromatic nitrogens is 3. The topological polar surface area (TPSA) is 42.7 Å². The first-order chi connectivity index (χ1) is 9.11. The molecule has 0 fully saturated rings. The maximum Gasteiger partial charge on any atom is 0.138 e. The van der Waals surface area contributed by atoms with Gasteiger partial charge in [-0.2, -0.15) is 5.10 Å². The molecule has 4 heteroatoms. The quantitative estimate of drug-likeness (QED) is 0.895. The Labute approximate surface area is 114 Å². The number of aryl methyl sites for hydroxylation is 3. The lowest BCUT2D eigenvalue weighted by Gasteiger charge is -2.19. The van der Waals surface area contributed by atoms with Crippen LogP contribution in [0.15, 0.2) is 24.5 Å². The number of nitrogens with zero attached hydrogens (tertiary/aromatic N) is 3. The first-order valence-electron chi connectivity index (χ1n) is 6.75. The summed E-state index contributed by atoms with van der Waals surface area (Å²) in [6.07, 6.45) is 2.46. The monoisotopic (exact) mass is 258 g/mol. The molecule has 4 nitrogen and oxygen atoms in total. The molecule has 0 radical (unpaired) electrons. The smallest absolute Gasteiger partial charge is 0.138 e. The number of rotatable bonds is 5. The van der Waals surface area contributed by atoms with Gasteiger partial charge in [0.05, 0.1) is 0 Å². The molecule has 0 spiro atoms. The standard InChI is InChI=1S/C15H22N4/c1-5-16-14(9-15-17-10-18-19(15)4)13-7-6-11(2)12(3)8-13/h6-8,10,14,16H,5,9H2,1-4H3. The van der Waals surface area contributed by atoms with Crippen molar-refractivity contribution in [3.05, 3.63) is 47.0 Å². The normalized spacial score (nSPS) is 12.6. The van der Waals surface area contributed by atoms with Gasteiger partial charge in [-0.1, -0.05) is 25.1 Å². The van der Waals surface area contributed by atoms with Gasteiger partial charge in [0, 0.05) is 19.5 Å². The highest BCUT2D eigenvalue weighted by atomic mass is 15.3. The van der Waals surface area contributed by atoms with Crippen LogP contribution < -0.4 is 5.32 Å². The van der Waals surface area contributed by atoms with Crippen LogP contribution in [-0.4, -0.2) is 21.3 Å². The Balaban J connectivity index is 2.24. The molecular weight excluding hydrogens is 236 g/mol. The van der Waals surface area contributed by atoms with E-state index in [2.05, 4.69) is 54.4 Å². The fourth-order valence-corrected chi connectivity index (χ4v) is 2.22. The second-order valence-corrected chi connectivity index (χ2v) is 4.96. The van der Waals surface area contributed by atoms with Gasteiger partial charge in [0.1, 0.15) is 12.2 Å². The van der Waals surface area contributed by atoms with E-state index < -0.39 is 0 Å². The van der Waals surface area contributed by atoms with E-state index in [0.717, 1.165) is 18.8 Å². The summed E-state index contributed by atoms with van der Waals surface area (Å²) in [5.41, 5.74) is 3.98. The second kappa shape index (κ2) is 5.97. The zero-order valence-electron chi connectivity index (χ0n) is 12.1. The predicted octanol–water partition coefficient (Wildman–Crippen LogP) is 2.33. The summed E-state index contributed by atoms with van der Waals surface area (Å²) >= 11 is 0. The van der Waals surface area contributed by atoms with Crippen molar-refractivity contribution in [3.8, 4) is 0 Å². The zero-order chi connectivity index (χ0) is 13.8. The van der Waals surface area contributed by atoms with E-state index in [-0.39, 0.29) is 6.04 Å². The number of benzene rings is 1. The molecule has 0 aliphatic carbocycles. The predicted molar refractivity (Wildman–Crippen MR) is 77.0 cm³/mol. The van der Waals surface area contributed by atoms with Gasteiger partial charge < -0.3 is 5.32 Å². The van der Waals surface area contributed by atoms with Crippen molar-refractivity contribution in [1.29, 1.82) is 0 Å². The molecule has 19 heavy (non-hydrogen) atoms. The van der Waals surface area contributed by atoms with Crippen molar-refractivity contribution in [2.24, 2.45) is 7.05 Å². The summed E-state index contributed by atoms with van der Waals surface area (Å²) in [6, 6.07) is 6.93. The highest BCUT2D eigenvalue weighted by Gasteiger charge is 2.14. The van der Waals surface area contributed by atoms with Gasteiger partial charge >= 0.3 is 0 Å². The van der Waals surface area contributed by atoms with Gasteiger partial charge in [-0.15, -0.1) is 0 Å². The number of hydrogen-bond acceptors (Lipinski definition) is 3. The minimum absolute atomic E-state index is 0.284. The summed E-state index contributed by atoms with van der Waals surface area (Å²) in [7, 11) is 1.94. The zero-order valence-corrected chi connectivity index (χ0v) is 12.1. The Bertz CT molecular complexity index is 545. The fraction of sp³-hybridized carbons (Fsp3) is 0.467. The van der Waals surface area contributed by atoms with Crippen LogP contribution in [0.25, 0.3) is 0 Å². The largest absolute Gasteiger partial charge is 0.310 e. The third kappa shape index (κ3) is 3.20. The van der Waals surface area contributed by atoms with Crippen LogP contribution in [0.3, 0.4) is 0 Å². The molecule has 1 atom stereocenters. The number of likely N-dealkylation sites (N-methyl/N-ethyl adjacent to an activating group) is 1. The van der Waals surface area contributed by atoms with Crippen molar-refractivity contribution in [2.45, 2.75) is 33.2 Å². The number of hydrogen-bond donors (Lipinski definition) is 1. The van der Waals surface area contributed by atoms with E-state index in [4.69, 9.17) is 0 Å². The highest BCUT2D eigenvalue weighted by Crippen LogP contribution is 2.20. The van der Waals surface area contributed by atoms with Crippen molar-refractivity contribution < 1.29 is 0 Å². The van der Waals surface area contributed by atoms with Crippen LogP contribution >= 0.6 is 0 Å². The Morgan fingerprint density at radius 2 is 2.05 bits per heavy atom. The van der Waals surface area contributed by atoms with Gasteiger partial charge in [0.15, 0.2) is 0 Å². The molecule has 1 unspecified atom stereocenters. The van der Waals surface area contributed by atoms with E-state index in [1.54, 1.807) is 6.33 Å². The van der Waals surface area contributed by atoms with Gasteiger partial charge in [-0.25, -0.2) is 4.98 Å². The van der Waals surface area contributed by atoms with Gasteiger partial charge in [-0.3, -0.25) is 4.68 Å². The van der Waals surface area contributed by atoms with Crippen LogP contribution in [0.2, 0.25) is 0 Å². The van der Waals surface area contributed by atoms with E-state index in [1.807, 2.05) is 11.7 Å². The summed E-state index contributed by atoms with van der Waals surface area (Å²) in [5.74, 6) is 1.00. The molecule has 1 aromatic heterocycles. The number of nitrogens with one attached hydrogen (secondary N) is 1. The molecule has 2 aromatic rings. The van der Waals surface area contributed by atoms with E-state index in [9.17, 15) is 0 Å². The van der Waals surface area contributed by atoms with Gasteiger partial charge in [0.2, 0.25) is 0 Å². The molecule has 2 rings (SSSR count). The molecule has 0 bridgehead atoms. The van der Waals surface area contributed by atoms with Crippen molar-refractivity contribution in [3.63, 3.8) is 0 Å². The van der Waals surface area contributed by atoms with Gasteiger partial charge in [0.25, 0.3) is 0 Å². The lowest BCUT2D eigenvalue weighted by atomic mass is 9.98. The van der Waals surface area contributed by atoms with Crippen LogP contribution in [0.5, 0.6) is 0 Å². The second-order valence-electron chi connectivity index (χ2n) is 4.96. The van der Waals surface area contributed by atoms with E-state index in [0.29, 0.717) is 0 Å². The fourth-order valence-electron chi connectivity index (χ4n) is 2.22. The molecule has 1 aromatic carbocycles.